The van der Waals surface area contributed by atoms with Gasteiger partial charge in [-0.3, -0.25) is 4.98 Å². The molecular formula is C12H11F3N2O. The van der Waals surface area contributed by atoms with Crippen molar-refractivity contribution < 1.29 is 18.3 Å². The molecule has 18 heavy (non-hydrogen) atoms. The van der Waals surface area contributed by atoms with Crippen LogP contribution in [-0.4, -0.2) is 22.8 Å². The van der Waals surface area contributed by atoms with E-state index in [4.69, 9.17) is 5.73 Å². The van der Waals surface area contributed by atoms with Crippen molar-refractivity contribution in [1.29, 1.82) is 0 Å². The summed E-state index contributed by atoms with van der Waals surface area (Å²) in [5.41, 5.74) is 1.71. The molecule has 0 aliphatic rings. The van der Waals surface area contributed by atoms with Crippen LogP contribution in [0.2, 0.25) is 0 Å². The molecule has 0 saturated heterocycles. The Labute approximate surface area is 101 Å². The molecule has 2 rings (SSSR count). The van der Waals surface area contributed by atoms with Gasteiger partial charge in [-0.25, -0.2) is 0 Å². The first kappa shape index (κ1) is 12.8. The minimum atomic E-state index is -4.85. The number of halogens is 3. The highest BCUT2D eigenvalue weighted by Gasteiger charge is 2.54. The van der Waals surface area contributed by atoms with Gasteiger partial charge in [0, 0.05) is 29.9 Å². The molecule has 1 unspecified atom stereocenters. The number of aliphatic hydroxyl groups is 1. The molecule has 0 aliphatic carbocycles. The summed E-state index contributed by atoms with van der Waals surface area (Å²) in [5, 5.41) is 10.6. The number of nitrogens with two attached hydrogens (primary N) is 1. The SMILES string of the molecule is NCC(O)(c1cncc2ccccc12)C(F)(F)F. The lowest BCUT2D eigenvalue weighted by Crippen LogP contribution is -2.48. The van der Waals surface area contributed by atoms with E-state index in [1.807, 2.05) is 0 Å². The van der Waals surface area contributed by atoms with Crippen molar-refractivity contribution in [2.75, 3.05) is 6.54 Å². The van der Waals surface area contributed by atoms with Gasteiger partial charge in [0.1, 0.15) is 0 Å². The highest BCUT2D eigenvalue weighted by Crippen LogP contribution is 2.40. The molecule has 0 amide bonds. The zero-order valence-electron chi connectivity index (χ0n) is 9.28. The maximum atomic E-state index is 13.0. The fourth-order valence-corrected chi connectivity index (χ4v) is 1.82. The number of aromatic nitrogens is 1. The smallest absolute Gasteiger partial charge is 0.375 e. The molecule has 0 aliphatic heterocycles. The van der Waals surface area contributed by atoms with E-state index in [0.717, 1.165) is 6.20 Å². The van der Waals surface area contributed by atoms with Crippen LogP contribution in [0.15, 0.2) is 36.7 Å². The molecule has 3 nitrogen and oxygen atoms in total. The summed E-state index contributed by atoms with van der Waals surface area (Å²) in [6, 6.07) is 6.40. The zero-order chi connectivity index (χ0) is 13.4. The predicted octanol–water partition coefficient (Wildman–Crippen LogP) is 1.94. The predicted molar refractivity (Wildman–Crippen MR) is 60.7 cm³/mol. The average Bonchev–Trinajstić information content (AvgIpc) is 2.35. The Morgan fingerprint density at radius 2 is 1.83 bits per heavy atom. The van der Waals surface area contributed by atoms with Crippen molar-refractivity contribution >= 4 is 10.8 Å². The monoisotopic (exact) mass is 256 g/mol. The summed E-state index contributed by atoms with van der Waals surface area (Å²) in [4.78, 5) is 3.72. The topological polar surface area (TPSA) is 59.1 Å². The first-order chi connectivity index (χ1) is 8.40. The first-order valence-electron chi connectivity index (χ1n) is 5.22. The van der Waals surface area contributed by atoms with E-state index in [1.54, 1.807) is 18.2 Å². The highest BCUT2D eigenvalue weighted by atomic mass is 19.4. The summed E-state index contributed by atoms with van der Waals surface area (Å²) < 4.78 is 38.9. The molecule has 0 bridgehead atoms. The van der Waals surface area contributed by atoms with Crippen LogP contribution in [0.25, 0.3) is 10.8 Å². The Balaban J connectivity index is 2.74. The molecule has 1 heterocycles. The van der Waals surface area contributed by atoms with Crippen molar-refractivity contribution in [3.63, 3.8) is 0 Å². The van der Waals surface area contributed by atoms with Crippen LogP contribution in [0, 0.1) is 0 Å². The van der Waals surface area contributed by atoms with Crippen LogP contribution >= 0.6 is 0 Å². The molecule has 3 N–H and O–H groups in total. The van der Waals surface area contributed by atoms with Gasteiger partial charge in [-0.05, 0) is 5.39 Å². The first-order valence-corrected chi connectivity index (χ1v) is 5.22. The van der Waals surface area contributed by atoms with Gasteiger partial charge in [-0.15, -0.1) is 0 Å². The van der Waals surface area contributed by atoms with E-state index in [9.17, 15) is 18.3 Å². The largest absolute Gasteiger partial charge is 0.422 e. The zero-order valence-corrected chi connectivity index (χ0v) is 9.28. The van der Waals surface area contributed by atoms with Gasteiger partial charge in [-0.2, -0.15) is 13.2 Å². The van der Waals surface area contributed by atoms with Gasteiger partial charge in [0.25, 0.3) is 0 Å². The van der Waals surface area contributed by atoms with E-state index < -0.39 is 18.3 Å². The summed E-state index contributed by atoms with van der Waals surface area (Å²) in [6.45, 7) is -0.952. The molecule has 0 spiro atoms. The van der Waals surface area contributed by atoms with Gasteiger partial charge >= 0.3 is 6.18 Å². The average molecular weight is 256 g/mol. The standard InChI is InChI=1S/C12H11F3N2O/c13-12(14,15)11(18,7-16)10-6-17-5-8-3-1-2-4-9(8)10/h1-6,18H,7,16H2. The Hall–Kier alpha value is -1.66. The third-order valence-corrected chi connectivity index (χ3v) is 2.88. The van der Waals surface area contributed by atoms with Crippen LogP contribution in [0.5, 0.6) is 0 Å². The van der Waals surface area contributed by atoms with Gasteiger partial charge in [0.2, 0.25) is 0 Å². The minimum Gasteiger partial charge on any atom is -0.375 e. The number of nitrogens with zero attached hydrogens (tertiary/aromatic N) is 1. The van der Waals surface area contributed by atoms with Crippen LogP contribution in [0.4, 0.5) is 13.2 Å². The van der Waals surface area contributed by atoms with Crippen LogP contribution in [-0.2, 0) is 5.60 Å². The fraction of sp³-hybridized carbons (Fsp3) is 0.250. The molecule has 1 aromatic carbocycles. The number of alkyl halides is 3. The molecule has 1 aromatic heterocycles. The number of hydrogen-bond acceptors (Lipinski definition) is 3. The molecule has 96 valence electrons. The van der Waals surface area contributed by atoms with Crippen molar-refractivity contribution in [2.45, 2.75) is 11.8 Å². The van der Waals surface area contributed by atoms with Gasteiger partial charge in [0.05, 0.1) is 0 Å². The van der Waals surface area contributed by atoms with Crippen LogP contribution in [0.1, 0.15) is 5.56 Å². The second-order valence-corrected chi connectivity index (χ2v) is 3.97. The number of hydrogen-bond donors (Lipinski definition) is 2. The molecule has 0 saturated carbocycles. The number of pyridine rings is 1. The van der Waals surface area contributed by atoms with Crippen molar-refractivity contribution in [2.24, 2.45) is 5.73 Å². The second kappa shape index (κ2) is 4.22. The lowest BCUT2D eigenvalue weighted by Gasteiger charge is -2.30. The molecule has 0 fully saturated rings. The van der Waals surface area contributed by atoms with Crippen molar-refractivity contribution in [3.05, 3.63) is 42.2 Å². The number of fused-ring (bicyclic) bond motifs is 1. The Bertz CT molecular complexity index is 565. The van der Waals surface area contributed by atoms with E-state index in [1.165, 1.54) is 12.3 Å². The quantitative estimate of drug-likeness (QED) is 0.863. The molecule has 0 radical (unpaired) electrons. The molecule has 2 aromatic rings. The number of rotatable bonds is 2. The second-order valence-electron chi connectivity index (χ2n) is 3.97. The minimum absolute atomic E-state index is 0.290. The van der Waals surface area contributed by atoms with E-state index in [2.05, 4.69) is 4.98 Å². The molecule has 1 atom stereocenters. The lowest BCUT2D eigenvalue weighted by molar-refractivity contribution is -0.261. The highest BCUT2D eigenvalue weighted by molar-refractivity contribution is 5.85. The van der Waals surface area contributed by atoms with Crippen molar-refractivity contribution in [3.8, 4) is 0 Å². The van der Waals surface area contributed by atoms with E-state index in [-0.39, 0.29) is 10.9 Å². The summed E-state index contributed by atoms with van der Waals surface area (Å²) >= 11 is 0. The summed E-state index contributed by atoms with van der Waals surface area (Å²) in [6.07, 6.45) is -2.41. The van der Waals surface area contributed by atoms with Gasteiger partial charge in [0.15, 0.2) is 5.60 Å². The summed E-state index contributed by atoms with van der Waals surface area (Å²) in [5.74, 6) is 0. The molecular weight excluding hydrogens is 245 g/mol. The normalized spacial score (nSPS) is 15.6. The van der Waals surface area contributed by atoms with Crippen molar-refractivity contribution in [1.82, 2.24) is 4.98 Å². The van der Waals surface area contributed by atoms with Crippen LogP contribution in [0.3, 0.4) is 0 Å². The lowest BCUT2D eigenvalue weighted by atomic mass is 9.90. The van der Waals surface area contributed by atoms with Crippen LogP contribution < -0.4 is 5.73 Å². The maximum Gasteiger partial charge on any atom is 0.422 e. The summed E-state index contributed by atoms with van der Waals surface area (Å²) in [7, 11) is 0. The Morgan fingerprint density at radius 1 is 1.17 bits per heavy atom. The fourth-order valence-electron chi connectivity index (χ4n) is 1.82. The number of benzene rings is 1. The van der Waals surface area contributed by atoms with E-state index in [0.29, 0.717) is 5.39 Å². The van der Waals surface area contributed by atoms with Gasteiger partial charge < -0.3 is 10.8 Å². The maximum absolute atomic E-state index is 13.0. The Kier molecular flexibility index (Phi) is 3.00. The third-order valence-electron chi connectivity index (χ3n) is 2.88. The van der Waals surface area contributed by atoms with E-state index >= 15 is 0 Å². The van der Waals surface area contributed by atoms with Gasteiger partial charge in [-0.1, -0.05) is 24.3 Å². The Morgan fingerprint density at radius 3 is 2.44 bits per heavy atom. The third kappa shape index (κ3) is 1.83. The molecule has 6 heteroatoms.